The number of carbonyl (C=O) groups is 1. The second-order valence-electron chi connectivity index (χ2n) is 5.84. The van der Waals surface area contributed by atoms with E-state index in [9.17, 15) is 4.79 Å². The van der Waals surface area contributed by atoms with Gasteiger partial charge in [0.05, 0.1) is 6.54 Å². The largest absolute Gasteiger partial charge is 0.444 e. The van der Waals surface area contributed by atoms with Crippen molar-refractivity contribution in [3.63, 3.8) is 0 Å². The molecule has 0 aliphatic rings. The van der Waals surface area contributed by atoms with Crippen molar-refractivity contribution >= 4 is 6.09 Å². The zero-order chi connectivity index (χ0) is 16.2. The topological polar surface area (TPSA) is 81.1 Å². The molecule has 0 bridgehead atoms. The van der Waals surface area contributed by atoms with Crippen molar-refractivity contribution in [2.45, 2.75) is 32.9 Å². The summed E-state index contributed by atoms with van der Waals surface area (Å²) in [5.41, 5.74) is 0.300. The second kappa shape index (κ2) is 6.46. The van der Waals surface area contributed by atoms with Crippen LogP contribution in [0.25, 0.3) is 11.4 Å². The molecule has 22 heavy (non-hydrogen) atoms. The van der Waals surface area contributed by atoms with Gasteiger partial charge in [-0.2, -0.15) is 0 Å². The van der Waals surface area contributed by atoms with Gasteiger partial charge in [-0.15, -0.1) is 20.4 Å². The molecule has 2 rings (SSSR count). The molecule has 7 heteroatoms. The predicted molar refractivity (Wildman–Crippen MR) is 80.8 cm³/mol. The third-order valence-corrected chi connectivity index (χ3v) is 2.64. The third-order valence-electron chi connectivity index (χ3n) is 2.64. The average Bonchev–Trinajstić information content (AvgIpc) is 2.47. The van der Waals surface area contributed by atoms with E-state index in [4.69, 9.17) is 4.74 Å². The van der Waals surface area contributed by atoms with E-state index >= 15 is 0 Å². The minimum absolute atomic E-state index is 0.185. The van der Waals surface area contributed by atoms with E-state index in [0.29, 0.717) is 11.6 Å². The van der Waals surface area contributed by atoms with E-state index in [1.165, 1.54) is 4.90 Å². The zero-order valence-corrected chi connectivity index (χ0v) is 13.1. The van der Waals surface area contributed by atoms with Crippen molar-refractivity contribution in [1.29, 1.82) is 0 Å². The van der Waals surface area contributed by atoms with Crippen LogP contribution in [-0.2, 0) is 11.3 Å². The SMILES string of the molecule is CN(Cc1nnc(-c2ccccc2)nn1)C(=O)OC(C)(C)C. The number of hydrogen-bond acceptors (Lipinski definition) is 6. The number of rotatable bonds is 3. The molecule has 0 saturated carbocycles. The lowest BCUT2D eigenvalue weighted by Gasteiger charge is -2.23. The monoisotopic (exact) mass is 301 g/mol. The molecule has 0 saturated heterocycles. The lowest BCUT2D eigenvalue weighted by molar-refractivity contribution is 0.0280. The van der Waals surface area contributed by atoms with Crippen molar-refractivity contribution in [2.75, 3.05) is 7.05 Å². The number of hydrogen-bond donors (Lipinski definition) is 0. The predicted octanol–water partition coefficient (Wildman–Crippen LogP) is 2.30. The van der Waals surface area contributed by atoms with Crippen LogP contribution in [0.4, 0.5) is 4.79 Å². The molecule has 0 unspecified atom stereocenters. The highest BCUT2D eigenvalue weighted by Crippen LogP contribution is 2.12. The van der Waals surface area contributed by atoms with Crippen LogP contribution >= 0.6 is 0 Å². The Balaban J connectivity index is 2.01. The van der Waals surface area contributed by atoms with E-state index < -0.39 is 11.7 Å². The summed E-state index contributed by atoms with van der Waals surface area (Å²) in [5.74, 6) is 0.803. The van der Waals surface area contributed by atoms with Crippen LogP contribution in [0.3, 0.4) is 0 Å². The summed E-state index contributed by atoms with van der Waals surface area (Å²) >= 11 is 0. The van der Waals surface area contributed by atoms with Gasteiger partial charge in [-0.1, -0.05) is 30.3 Å². The highest BCUT2D eigenvalue weighted by atomic mass is 16.6. The number of ether oxygens (including phenoxy) is 1. The Morgan fingerprint density at radius 1 is 1.09 bits per heavy atom. The molecular formula is C15H19N5O2. The Morgan fingerprint density at radius 3 is 2.23 bits per heavy atom. The first-order valence-electron chi connectivity index (χ1n) is 6.91. The maximum atomic E-state index is 11.9. The maximum absolute atomic E-state index is 11.9. The number of nitrogens with zero attached hydrogens (tertiary/aromatic N) is 5. The molecule has 0 fully saturated rings. The van der Waals surface area contributed by atoms with Crippen LogP contribution < -0.4 is 0 Å². The van der Waals surface area contributed by atoms with Gasteiger partial charge in [-0.25, -0.2) is 4.79 Å². The van der Waals surface area contributed by atoms with Crippen molar-refractivity contribution < 1.29 is 9.53 Å². The lowest BCUT2D eigenvalue weighted by atomic mass is 10.2. The molecule has 2 aromatic rings. The fraction of sp³-hybridized carbons (Fsp3) is 0.400. The Kier molecular flexibility index (Phi) is 4.65. The average molecular weight is 301 g/mol. The summed E-state index contributed by atoms with van der Waals surface area (Å²) < 4.78 is 5.26. The van der Waals surface area contributed by atoms with Gasteiger partial charge in [0, 0.05) is 12.6 Å². The molecule has 1 aromatic heterocycles. The summed E-state index contributed by atoms with van der Waals surface area (Å²) in [6.07, 6.45) is -0.441. The van der Waals surface area contributed by atoms with Crippen LogP contribution in [0.1, 0.15) is 26.6 Å². The van der Waals surface area contributed by atoms with Gasteiger partial charge in [0.25, 0.3) is 0 Å². The van der Waals surface area contributed by atoms with Gasteiger partial charge in [0.2, 0.25) is 5.82 Å². The normalized spacial score (nSPS) is 11.1. The summed E-state index contributed by atoms with van der Waals surface area (Å²) in [6, 6.07) is 9.46. The van der Waals surface area contributed by atoms with Crippen LogP contribution in [0.15, 0.2) is 30.3 Å². The van der Waals surface area contributed by atoms with E-state index in [2.05, 4.69) is 20.4 Å². The smallest absolute Gasteiger partial charge is 0.410 e. The minimum Gasteiger partial charge on any atom is -0.444 e. The van der Waals surface area contributed by atoms with Gasteiger partial charge in [-0.05, 0) is 20.8 Å². The fourth-order valence-electron chi connectivity index (χ4n) is 1.63. The number of amides is 1. The van der Waals surface area contributed by atoms with Crippen molar-refractivity contribution in [3.8, 4) is 11.4 Å². The van der Waals surface area contributed by atoms with E-state index in [0.717, 1.165) is 5.56 Å². The molecule has 0 aliphatic heterocycles. The van der Waals surface area contributed by atoms with Gasteiger partial charge in [0.15, 0.2) is 5.82 Å². The molecule has 7 nitrogen and oxygen atoms in total. The standard InChI is InChI=1S/C15H19N5O2/c1-15(2,3)22-14(21)20(4)10-12-16-18-13(19-17-12)11-8-6-5-7-9-11/h5-9H,10H2,1-4H3. The molecule has 1 amide bonds. The van der Waals surface area contributed by atoms with Gasteiger partial charge >= 0.3 is 6.09 Å². The van der Waals surface area contributed by atoms with Crippen LogP contribution in [0.5, 0.6) is 0 Å². The number of aromatic nitrogens is 4. The quantitative estimate of drug-likeness (QED) is 0.865. The highest BCUT2D eigenvalue weighted by Gasteiger charge is 2.20. The maximum Gasteiger partial charge on any atom is 0.410 e. The van der Waals surface area contributed by atoms with E-state index in [1.807, 2.05) is 51.1 Å². The Labute approximate surface area is 129 Å². The third kappa shape index (κ3) is 4.47. The molecule has 116 valence electrons. The van der Waals surface area contributed by atoms with E-state index in [1.54, 1.807) is 7.05 Å². The van der Waals surface area contributed by atoms with E-state index in [-0.39, 0.29) is 6.54 Å². The van der Waals surface area contributed by atoms with Crippen molar-refractivity contribution in [2.24, 2.45) is 0 Å². The minimum atomic E-state index is -0.542. The van der Waals surface area contributed by atoms with Crippen molar-refractivity contribution in [3.05, 3.63) is 36.2 Å². The summed E-state index contributed by atoms with van der Waals surface area (Å²) in [4.78, 5) is 13.2. The number of carbonyl (C=O) groups excluding carboxylic acids is 1. The molecule has 1 heterocycles. The van der Waals surface area contributed by atoms with Crippen LogP contribution in [-0.4, -0.2) is 44.0 Å². The molecular weight excluding hydrogens is 282 g/mol. The number of benzene rings is 1. The summed E-state index contributed by atoms with van der Waals surface area (Å²) in [7, 11) is 1.61. The lowest BCUT2D eigenvalue weighted by Crippen LogP contribution is -2.34. The Hall–Kier alpha value is -2.57. The highest BCUT2D eigenvalue weighted by molar-refractivity contribution is 5.67. The first kappa shape index (κ1) is 15.8. The molecule has 0 atom stereocenters. The molecule has 0 radical (unpaired) electrons. The zero-order valence-electron chi connectivity index (χ0n) is 13.1. The molecule has 0 aliphatic carbocycles. The Morgan fingerprint density at radius 2 is 1.68 bits per heavy atom. The fourth-order valence-corrected chi connectivity index (χ4v) is 1.63. The second-order valence-corrected chi connectivity index (χ2v) is 5.84. The first-order chi connectivity index (χ1) is 10.3. The van der Waals surface area contributed by atoms with Crippen molar-refractivity contribution in [1.82, 2.24) is 25.3 Å². The first-order valence-corrected chi connectivity index (χ1v) is 6.91. The molecule has 0 N–H and O–H groups in total. The van der Waals surface area contributed by atoms with Crippen LogP contribution in [0, 0.1) is 0 Å². The Bertz CT molecular complexity index is 623. The summed E-state index contributed by atoms with van der Waals surface area (Å²) in [5, 5.41) is 16.1. The van der Waals surface area contributed by atoms with Gasteiger partial charge < -0.3 is 9.64 Å². The van der Waals surface area contributed by atoms with Crippen LogP contribution in [0.2, 0.25) is 0 Å². The summed E-state index contributed by atoms with van der Waals surface area (Å²) in [6.45, 7) is 5.62. The molecule has 1 aromatic carbocycles. The molecule has 0 spiro atoms. The van der Waals surface area contributed by atoms with Gasteiger partial charge in [-0.3, -0.25) is 0 Å². The van der Waals surface area contributed by atoms with Gasteiger partial charge in [0.1, 0.15) is 5.60 Å².